The van der Waals surface area contributed by atoms with E-state index in [0.717, 1.165) is 33.5 Å². The second-order valence-corrected chi connectivity index (χ2v) is 8.16. The summed E-state index contributed by atoms with van der Waals surface area (Å²) in [5, 5.41) is 7.79. The molecule has 0 saturated carbocycles. The van der Waals surface area contributed by atoms with E-state index in [2.05, 4.69) is 5.32 Å². The van der Waals surface area contributed by atoms with E-state index in [4.69, 9.17) is 5.10 Å². The van der Waals surface area contributed by atoms with E-state index in [-0.39, 0.29) is 18.0 Å². The standard InChI is InChI=1S/C27H25N5O2/c1-30-23-14-8-9-15-24(23)31(27(30)34)17-16-25(33)28-18-21-19-32(22-12-6-3-7-13-22)29-26(21)20-10-4-2-5-11-20/h2-15,19H,16-18H2,1H3,(H,28,33). The zero-order valence-corrected chi connectivity index (χ0v) is 18.9. The van der Waals surface area contributed by atoms with Crippen molar-refractivity contribution in [3.8, 4) is 16.9 Å². The number of amides is 1. The molecule has 2 aromatic heterocycles. The van der Waals surface area contributed by atoms with Crippen molar-refractivity contribution in [3.63, 3.8) is 0 Å². The summed E-state index contributed by atoms with van der Waals surface area (Å²) in [7, 11) is 1.75. The van der Waals surface area contributed by atoms with Gasteiger partial charge in [0.2, 0.25) is 5.91 Å². The number of carbonyl (C=O) groups excluding carboxylic acids is 1. The Hall–Kier alpha value is -4.39. The van der Waals surface area contributed by atoms with Gasteiger partial charge < -0.3 is 5.32 Å². The molecule has 5 rings (SSSR count). The van der Waals surface area contributed by atoms with Gasteiger partial charge in [-0.05, 0) is 24.3 Å². The average Bonchev–Trinajstić information content (AvgIpc) is 3.42. The van der Waals surface area contributed by atoms with Crippen LogP contribution in [-0.4, -0.2) is 24.8 Å². The lowest BCUT2D eigenvalue weighted by molar-refractivity contribution is -0.121. The molecule has 0 aliphatic rings. The van der Waals surface area contributed by atoms with E-state index in [9.17, 15) is 9.59 Å². The van der Waals surface area contributed by atoms with E-state index in [1.165, 1.54) is 0 Å². The van der Waals surface area contributed by atoms with Gasteiger partial charge >= 0.3 is 5.69 Å². The van der Waals surface area contributed by atoms with Crippen molar-refractivity contribution >= 4 is 16.9 Å². The van der Waals surface area contributed by atoms with Crippen LogP contribution in [0.3, 0.4) is 0 Å². The molecule has 0 saturated heterocycles. The molecule has 7 heteroatoms. The Balaban J connectivity index is 1.33. The van der Waals surface area contributed by atoms with E-state index >= 15 is 0 Å². The number of carbonyl (C=O) groups is 1. The molecule has 0 fully saturated rings. The summed E-state index contributed by atoms with van der Waals surface area (Å²) in [6.45, 7) is 0.668. The molecule has 0 bridgehead atoms. The molecule has 170 valence electrons. The summed E-state index contributed by atoms with van der Waals surface area (Å²) < 4.78 is 5.09. The Bertz CT molecular complexity index is 1500. The molecular weight excluding hydrogens is 426 g/mol. The zero-order chi connectivity index (χ0) is 23.5. The minimum atomic E-state index is -0.121. The second-order valence-electron chi connectivity index (χ2n) is 8.16. The molecular formula is C27H25N5O2. The third kappa shape index (κ3) is 4.15. The number of aryl methyl sites for hydroxylation is 2. The summed E-state index contributed by atoms with van der Waals surface area (Å²) >= 11 is 0. The van der Waals surface area contributed by atoms with Gasteiger partial charge in [0, 0.05) is 43.9 Å². The van der Waals surface area contributed by atoms with Gasteiger partial charge in [-0.15, -0.1) is 0 Å². The number of imidazole rings is 1. The van der Waals surface area contributed by atoms with Gasteiger partial charge in [0.1, 0.15) is 0 Å². The van der Waals surface area contributed by atoms with Crippen LogP contribution in [0.5, 0.6) is 0 Å². The lowest BCUT2D eigenvalue weighted by atomic mass is 10.1. The average molecular weight is 452 g/mol. The number of nitrogens with zero attached hydrogens (tertiary/aromatic N) is 4. The SMILES string of the molecule is Cn1c(=O)n(CCC(=O)NCc2cn(-c3ccccc3)nc2-c2ccccc2)c2ccccc21. The van der Waals surface area contributed by atoms with Crippen LogP contribution in [-0.2, 0) is 24.9 Å². The summed E-state index contributed by atoms with van der Waals surface area (Å²) in [6, 6.07) is 27.4. The van der Waals surface area contributed by atoms with Crippen molar-refractivity contribution < 1.29 is 4.79 Å². The monoisotopic (exact) mass is 451 g/mol. The quantitative estimate of drug-likeness (QED) is 0.408. The topological polar surface area (TPSA) is 73.8 Å². The lowest BCUT2D eigenvalue weighted by Gasteiger charge is -2.07. The number of nitrogens with one attached hydrogen (secondary N) is 1. The molecule has 5 aromatic rings. The highest BCUT2D eigenvalue weighted by Gasteiger charge is 2.15. The highest BCUT2D eigenvalue weighted by atomic mass is 16.2. The number of hydrogen-bond donors (Lipinski definition) is 1. The molecule has 0 atom stereocenters. The Morgan fingerprint density at radius 1 is 0.882 bits per heavy atom. The van der Waals surface area contributed by atoms with E-state index < -0.39 is 0 Å². The van der Waals surface area contributed by atoms with Gasteiger partial charge in [-0.25, -0.2) is 9.48 Å². The highest BCUT2D eigenvalue weighted by Crippen LogP contribution is 2.23. The minimum Gasteiger partial charge on any atom is -0.352 e. The zero-order valence-electron chi connectivity index (χ0n) is 18.9. The Labute approximate surface area is 196 Å². The van der Waals surface area contributed by atoms with Crippen LogP contribution in [0, 0.1) is 0 Å². The van der Waals surface area contributed by atoms with Crippen LogP contribution in [0.15, 0.2) is 95.9 Å². The predicted molar refractivity (Wildman–Crippen MR) is 133 cm³/mol. The first kappa shape index (κ1) is 21.5. The number of fused-ring (bicyclic) bond motifs is 1. The van der Waals surface area contributed by atoms with Crippen LogP contribution in [0.25, 0.3) is 28.0 Å². The summed E-state index contributed by atoms with van der Waals surface area (Å²) in [5.41, 5.74) is 5.26. The fraction of sp³-hybridized carbons (Fsp3) is 0.148. The lowest BCUT2D eigenvalue weighted by Crippen LogP contribution is -2.27. The van der Waals surface area contributed by atoms with Crippen LogP contribution in [0.1, 0.15) is 12.0 Å². The number of aromatic nitrogens is 4. The van der Waals surface area contributed by atoms with E-state index in [1.54, 1.807) is 16.2 Å². The van der Waals surface area contributed by atoms with Gasteiger partial charge in [0.05, 0.1) is 22.4 Å². The summed E-state index contributed by atoms with van der Waals surface area (Å²) in [5.74, 6) is -0.119. The first-order valence-electron chi connectivity index (χ1n) is 11.2. The van der Waals surface area contributed by atoms with Crippen LogP contribution in [0.4, 0.5) is 0 Å². The molecule has 0 unspecified atom stereocenters. The van der Waals surface area contributed by atoms with Gasteiger partial charge in [-0.1, -0.05) is 60.7 Å². The maximum Gasteiger partial charge on any atom is 0.328 e. The largest absolute Gasteiger partial charge is 0.352 e. The van der Waals surface area contributed by atoms with Gasteiger partial charge in [0.15, 0.2) is 0 Å². The minimum absolute atomic E-state index is 0.119. The fourth-order valence-electron chi connectivity index (χ4n) is 4.17. The van der Waals surface area contributed by atoms with E-state index in [1.807, 2.05) is 95.8 Å². The first-order valence-corrected chi connectivity index (χ1v) is 11.2. The third-order valence-electron chi connectivity index (χ3n) is 5.95. The fourth-order valence-corrected chi connectivity index (χ4v) is 4.17. The Morgan fingerprint density at radius 2 is 1.53 bits per heavy atom. The predicted octanol–water partition coefficient (Wildman–Crippen LogP) is 3.90. The maximum atomic E-state index is 12.7. The smallest absolute Gasteiger partial charge is 0.328 e. The van der Waals surface area contributed by atoms with Crippen molar-refractivity contribution in [1.29, 1.82) is 0 Å². The molecule has 0 spiro atoms. The molecule has 0 aliphatic heterocycles. The first-order chi connectivity index (χ1) is 16.6. The molecule has 2 heterocycles. The number of rotatable bonds is 7. The van der Waals surface area contributed by atoms with Gasteiger partial charge in [-0.2, -0.15) is 5.10 Å². The maximum absolute atomic E-state index is 12.7. The van der Waals surface area contributed by atoms with Gasteiger partial charge in [0.25, 0.3) is 0 Å². The number of benzene rings is 3. The molecule has 1 amide bonds. The highest BCUT2D eigenvalue weighted by molar-refractivity contribution is 5.78. The number of hydrogen-bond acceptors (Lipinski definition) is 3. The summed E-state index contributed by atoms with van der Waals surface area (Å²) in [4.78, 5) is 25.3. The van der Waals surface area contributed by atoms with E-state index in [0.29, 0.717) is 13.1 Å². The molecule has 0 radical (unpaired) electrons. The molecule has 0 aliphatic carbocycles. The molecule has 3 aromatic carbocycles. The Kier molecular flexibility index (Phi) is 5.82. The molecule has 34 heavy (non-hydrogen) atoms. The number of para-hydroxylation sites is 3. The molecule has 7 nitrogen and oxygen atoms in total. The Morgan fingerprint density at radius 3 is 2.26 bits per heavy atom. The van der Waals surface area contributed by atoms with Gasteiger partial charge in [-0.3, -0.25) is 13.9 Å². The third-order valence-corrected chi connectivity index (χ3v) is 5.95. The van der Waals surface area contributed by atoms with Crippen molar-refractivity contribution in [3.05, 3.63) is 107 Å². The second kappa shape index (κ2) is 9.23. The van der Waals surface area contributed by atoms with Crippen molar-refractivity contribution in [2.24, 2.45) is 7.05 Å². The van der Waals surface area contributed by atoms with Crippen molar-refractivity contribution in [1.82, 2.24) is 24.2 Å². The van der Waals surface area contributed by atoms with Crippen molar-refractivity contribution in [2.45, 2.75) is 19.5 Å². The van der Waals surface area contributed by atoms with Crippen molar-refractivity contribution in [2.75, 3.05) is 0 Å². The van der Waals surface area contributed by atoms with Crippen LogP contribution in [0.2, 0.25) is 0 Å². The van der Waals surface area contributed by atoms with Crippen LogP contribution < -0.4 is 11.0 Å². The molecule has 1 N–H and O–H groups in total. The normalized spacial score (nSPS) is 11.1. The summed E-state index contributed by atoms with van der Waals surface area (Å²) in [6.07, 6.45) is 2.16. The van der Waals surface area contributed by atoms with Crippen LogP contribution >= 0.6 is 0 Å².